The number of carboxylic acid groups (broad SMARTS) is 1. The molecule has 0 bridgehead atoms. The molecule has 18 heavy (non-hydrogen) atoms. The number of carboxylic acids is 1. The minimum Gasteiger partial charge on any atom is -0.481 e. The van der Waals surface area contributed by atoms with Crippen LogP contribution in [-0.4, -0.2) is 36.6 Å². The van der Waals surface area contributed by atoms with Gasteiger partial charge in [0.15, 0.2) is 0 Å². The highest BCUT2D eigenvalue weighted by Gasteiger charge is 2.43. The van der Waals surface area contributed by atoms with Gasteiger partial charge in [0.2, 0.25) is 5.91 Å². The van der Waals surface area contributed by atoms with Crippen LogP contribution in [0.25, 0.3) is 0 Å². The zero-order valence-electron chi connectivity index (χ0n) is 10.9. The first kappa shape index (κ1) is 13.3. The molecule has 1 unspecified atom stereocenters. The molecule has 0 spiro atoms. The highest BCUT2D eigenvalue weighted by Crippen LogP contribution is 2.38. The molecule has 1 amide bonds. The van der Waals surface area contributed by atoms with Gasteiger partial charge in [-0.15, -0.1) is 0 Å². The quantitative estimate of drug-likeness (QED) is 0.691. The highest BCUT2D eigenvalue weighted by atomic mass is 16.4. The van der Waals surface area contributed by atoms with Crippen LogP contribution in [0.5, 0.6) is 0 Å². The summed E-state index contributed by atoms with van der Waals surface area (Å²) in [7, 11) is 0. The van der Waals surface area contributed by atoms with Gasteiger partial charge < -0.3 is 15.7 Å². The van der Waals surface area contributed by atoms with Crippen molar-refractivity contribution >= 4 is 11.9 Å². The van der Waals surface area contributed by atoms with E-state index in [9.17, 15) is 14.7 Å². The van der Waals surface area contributed by atoms with E-state index in [4.69, 9.17) is 0 Å². The Morgan fingerprint density at radius 1 is 1.28 bits per heavy atom. The molecular weight excluding hydrogens is 232 g/mol. The van der Waals surface area contributed by atoms with Gasteiger partial charge in [-0.1, -0.05) is 12.8 Å². The zero-order chi connectivity index (χ0) is 13.2. The van der Waals surface area contributed by atoms with E-state index >= 15 is 0 Å². The molecule has 5 nitrogen and oxygen atoms in total. The first-order valence-electron chi connectivity index (χ1n) is 6.71. The summed E-state index contributed by atoms with van der Waals surface area (Å²) in [5.41, 5.74) is -1.10. The first-order valence-corrected chi connectivity index (χ1v) is 6.71. The summed E-state index contributed by atoms with van der Waals surface area (Å²) in [5.74, 6) is -0.782. The van der Waals surface area contributed by atoms with E-state index in [-0.39, 0.29) is 17.9 Å². The summed E-state index contributed by atoms with van der Waals surface area (Å²) >= 11 is 0. The van der Waals surface area contributed by atoms with Crippen molar-refractivity contribution in [3.8, 4) is 0 Å². The molecule has 1 heterocycles. The minimum atomic E-state index is -0.769. The summed E-state index contributed by atoms with van der Waals surface area (Å²) in [5, 5.41) is 15.4. The van der Waals surface area contributed by atoms with Crippen LogP contribution in [0.2, 0.25) is 0 Å². The third kappa shape index (κ3) is 2.36. The lowest BCUT2D eigenvalue weighted by Crippen LogP contribution is -2.47. The largest absolute Gasteiger partial charge is 0.481 e. The molecule has 5 heteroatoms. The molecule has 0 radical (unpaired) electrons. The van der Waals surface area contributed by atoms with Crippen LogP contribution in [0.3, 0.4) is 0 Å². The van der Waals surface area contributed by atoms with Crippen molar-refractivity contribution in [1.29, 1.82) is 0 Å². The second-order valence-corrected chi connectivity index (χ2v) is 5.96. The monoisotopic (exact) mass is 254 g/mol. The second-order valence-electron chi connectivity index (χ2n) is 5.96. The van der Waals surface area contributed by atoms with E-state index in [1.54, 1.807) is 0 Å². The van der Waals surface area contributed by atoms with Crippen molar-refractivity contribution in [2.45, 2.75) is 39.0 Å². The lowest BCUT2D eigenvalue weighted by Gasteiger charge is -2.27. The van der Waals surface area contributed by atoms with Gasteiger partial charge in [0.05, 0.1) is 10.8 Å². The predicted molar refractivity (Wildman–Crippen MR) is 67.1 cm³/mol. The number of amides is 1. The van der Waals surface area contributed by atoms with Gasteiger partial charge in [-0.05, 0) is 32.7 Å². The molecule has 0 aromatic heterocycles. The lowest BCUT2D eigenvalue weighted by molar-refractivity contribution is -0.148. The van der Waals surface area contributed by atoms with Crippen molar-refractivity contribution in [2.24, 2.45) is 10.8 Å². The van der Waals surface area contributed by atoms with Crippen LogP contribution in [0, 0.1) is 10.8 Å². The van der Waals surface area contributed by atoms with Gasteiger partial charge in [-0.3, -0.25) is 9.59 Å². The van der Waals surface area contributed by atoms with Gasteiger partial charge >= 0.3 is 5.97 Å². The van der Waals surface area contributed by atoms with E-state index in [1.807, 2.05) is 6.92 Å². The van der Waals surface area contributed by atoms with Gasteiger partial charge in [-0.2, -0.15) is 0 Å². The molecular formula is C13H22N2O3. The van der Waals surface area contributed by atoms with Crippen LogP contribution in [0.1, 0.15) is 39.0 Å². The Kier molecular flexibility index (Phi) is 3.61. The van der Waals surface area contributed by atoms with Gasteiger partial charge in [0.25, 0.3) is 0 Å². The number of carbonyl (C=O) groups is 2. The molecule has 1 saturated heterocycles. The number of rotatable bonds is 4. The molecule has 1 aliphatic carbocycles. The summed E-state index contributed by atoms with van der Waals surface area (Å²) in [6.07, 6.45) is 4.07. The average molecular weight is 254 g/mol. The highest BCUT2D eigenvalue weighted by molar-refractivity contribution is 5.84. The van der Waals surface area contributed by atoms with Crippen LogP contribution < -0.4 is 10.6 Å². The van der Waals surface area contributed by atoms with Crippen LogP contribution >= 0.6 is 0 Å². The predicted octanol–water partition coefficient (Wildman–Crippen LogP) is 0.747. The van der Waals surface area contributed by atoms with Crippen molar-refractivity contribution in [3.63, 3.8) is 0 Å². The normalized spacial score (nSPS) is 30.3. The van der Waals surface area contributed by atoms with E-state index in [2.05, 4.69) is 10.6 Å². The number of carbonyl (C=O) groups excluding carboxylic acids is 1. The lowest BCUT2D eigenvalue weighted by atomic mass is 9.84. The van der Waals surface area contributed by atoms with E-state index in [0.717, 1.165) is 25.8 Å². The third-order valence-electron chi connectivity index (χ3n) is 4.52. The molecule has 0 aromatic carbocycles. The van der Waals surface area contributed by atoms with Gasteiger partial charge in [0.1, 0.15) is 0 Å². The van der Waals surface area contributed by atoms with Gasteiger partial charge in [0, 0.05) is 13.1 Å². The summed E-state index contributed by atoms with van der Waals surface area (Å²) in [4.78, 5) is 23.5. The standard InChI is InChI=1S/C13H22N2O3/c1-12(6-7-14-8-12)10(16)15-9-13(11(17)18)4-2-3-5-13/h14H,2-9H2,1H3,(H,15,16)(H,17,18). The third-order valence-corrected chi connectivity index (χ3v) is 4.52. The van der Waals surface area contributed by atoms with E-state index < -0.39 is 11.4 Å². The molecule has 1 atom stereocenters. The van der Waals surface area contributed by atoms with Gasteiger partial charge in [-0.25, -0.2) is 0 Å². The summed E-state index contributed by atoms with van der Waals surface area (Å²) < 4.78 is 0. The Labute approximate surface area is 107 Å². The fourth-order valence-electron chi connectivity index (χ4n) is 2.99. The Hall–Kier alpha value is -1.10. The summed E-state index contributed by atoms with van der Waals surface area (Å²) in [6.45, 7) is 3.74. The molecule has 0 aromatic rings. The fraction of sp³-hybridized carbons (Fsp3) is 0.846. The molecule has 2 rings (SSSR count). The topological polar surface area (TPSA) is 78.4 Å². The van der Waals surface area contributed by atoms with Crippen molar-refractivity contribution in [3.05, 3.63) is 0 Å². The molecule has 1 aliphatic heterocycles. The Bertz CT molecular complexity index is 342. The van der Waals surface area contributed by atoms with Crippen molar-refractivity contribution in [1.82, 2.24) is 10.6 Å². The number of aliphatic carboxylic acids is 1. The SMILES string of the molecule is CC1(C(=O)NCC2(C(=O)O)CCCC2)CCNC1. The van der Waals surface area contributed by atoms with E-state index in [0.29, 0.717) is 19.4 Å². The van der Waals surface area contributed by atoms with E-state index in [1.165, 1.54) is 0 Å². The molecule has 2 aliphatic rings. The molecule has 3 N–H and O–H groups in total. The maximum atomic E-state index is 12.1. The van der Waals surface area contributed by atoms with Crippen LogP contribution in [0.4, 0.5) is 0 Å². The first-order chi connectivity index (χ1) is 8.49. The van der Waals surface area contributed by atoms with Crippen molar-refractivity contribution in [2.75, 3.05) is 19.6 Å². The summed E-state index contributed by atoms with van der Waals surface area (Å²) in [6, 6.07) is 0. The maximum absolute atomic E-state index is 12.1. The average Bonchev–Trinajstić information content (AvgIpc) is 2.96. The van der Waals surface area contributed by atoms with Crippen LogP contribution in [0.15, 0.2) is 0 Å². The molecule has 2 fully saturated rings. The smallest absolute Gasteiger partial charge is 0.311 e. The number of nitrogens with one attached hydrogen (secondary N) is 2. The minimum absolute atomic E-state index is 0.0139. The molecule has 1 saturated carbocycles. The second kappa shape index (κ2) is 4.88. The Morgan fingerprint density at radius 3 is 2.44 bits per heavy atom. The Balaban J connectivity index is 1.94. The fourth-order valence-corrected chi connectivity index (χ4v) is 2.99. The number of hydrogen-bond acceptors (Lipinski definition) is 3. The molecule has 102 valence electrons. The number of hydrogen-bond donors (Lipinski definition) is 3. The van der Waals surface area contributed by atoms with Crippen molar-refractivity contribution < 1.29 is 14.7 Å². The maximum Gasteiger partial charge on any atom is 0.311 e. The van der Waals surface area contributed by atoms with Crippen LogP contribution in [-0.2, 0) is 9.59 Å². The Morgan fingerprint density at radius 2 is 1.94 bits per heavy atom. The zero-order valence-corrected chi connectivity index (χ0v) is 10.9.